The number of halogens is 3. The van der Waals surface area contributed by atoms with E-state index in [1.807, 2.05) is 31.2 Å². The molecule has 0 fully saturated rings. The van der Waals surface area contributed by atoms with Crippen LogP contribution in [0.4, 0.5) is 13.2 Å². The molecule has 1 amide bonds. The number of carboxylic acid groups (broad SMARTS) is 1. The Morgan fingerprint density at radius 1 is 1.00 bits per heavy atom. The first kappa shape index (κ1) is 23.6. The van der Waals surface area contributed by atoms with Gasteiger partial charge in [-0.15, -0.1) is 0 Å². The summed E-state index contributed by atoms with van der Waals surface area (Å²) in [5.74, 6) is -2.11. The Balaban J connectivity index is 1.73. The average molecular weight is 455 g/mol. The number of aliphatic carboxylic acids is 1. The highest BCUT2D eigenvalue weighted by Crippen LogP contribution is 2.31. The summed E-state index contributed by atoms with van der Waals surface area (Å²) in [6, 6.07) is 18.4. The van der Waals surface area contributed by atoms with Crippen LogP contribution in [0.2, 0.25) is 0 Å². The molecule has 0 saturated carbocycles. The lowest BCUT2D eigenvalue weighted by atomic mass is 10.1. The minimum absolute atomic E-state index is 0.353. The van der Waals surface area contributed by atoms with Gasteiger partial charge in [-0.25, -0.2) is 4.79 Å². The number of benzene rings is 3. The van der Waals surface area contributed by atoms with Gasteiger partial charge < -0.3 is 15.2 Å². The molecule has 0 saturated heterocycles. The largest absolute Gasteiger partial charge is 0.489 e. The minimum atomic E-state index is -4.75. The van der Waals surface area contributed by atoms with E-state index in [0.29, 0.717) is 17.9 Å². The maximum Gasteiger partial charge on any atom is 0.417 e. The molecule has 0 radical (unpaired) electrons. The van der Waals surface area contributed by atoms with Crippen LogP contribution in [0.3, 0.4) is 0 Å². The van der Waals surface area contributed by atoms with Gasteiger partial charge in [0.1, 0.15) is 18.1 Å². The van der Waals surface area contributed by atoms with Crippen molar-refractivity contribution in [3.8, 4) is 5.75 Å². The van der Waals surface area contributed by atoms with Crippen molar-refractivity contribution in [2.75, 3.05) is 0 Å². The van der Waals surface area contributed by atoms with Gasteiger partial charge in [0, 0.05) is 0 Å². The van der Waals surface area contributed by atoms with Crippen LogP contribution in [0, 0.1) is 6.92 Å². The summed E-state index contributed by atoms with van der Waals surface area (Å²) in [4.78, 5) is 24.0. The van der Waals surface area contributed by atoms with Gasteiger partial charge >= 0.3 is 12.1 Å². The molecular weight excluding hydrogens is 435 g/mol. The maximum atomic E-state index is 13.2. The SMILES string of the molecule is Cc1cccc(COc2ccc(C=C(NC(=O)c3ccccc3C(F)(F)F)C(=O)O)cc2)c1. The third kappa shape index (κ3) is 6.46. The fourth-order valence-corrected chi connectivity index (χ4v) is 3.06. The molecule has 0 spiro atoms. The van der Waals surface area contributed by atoms with Crippen molar-refractivity contribution < 1.29 is 32.6 Å². The summed E-state index contributed by atoms with van der Waals surface area (Å²) in [6.45, 7) is 2.33. The summed E-state index contributed by atoms with van der Waals surface area (Å²) < 4.78 is 45.2. The Bertz CT molecular complexity index is 1180. The number of nitrogens with one attached hydrogen (secondary N) is 1. The Morgan fingerprint density at radius 2 is 1.70 bits per heavy atom. The van der Waals surface area contributed by atoms with Gasteiger partial charge in [0.25, 0.3) is 5.91 Å². The molecule has 0 aromatic heterocycles. The van der Waals surface area contributed by atoms with Crippen LogP contribution >= 0.6 is 0 Å². The van der Waals surface area contributed by atoms with Crippen molar-refractivity contribution in [1.29, 1.82) is 0 Å². The number of hydrogen-bond donors (Lipinski definition) is 2. The third-order valence-corrected chi connectivity index (χ3v) is 4.63. The van der Waals surface area contributed by atoms with Crippen molar-refractivity contribution in [3.63, 3.8) is 0 Å². The van der Waals surface area contributed by atoms with E-state index in [-0.39, 0.29) is 0 Å². The molecule has 170 valence electrons. The normalized spacial score (nSPS) is 11.7. The van der Waals surface area contributed by atoms with Gasteiger partial charge in [0.05, 0.1) is 11.1 Å². The summed E-state index contributed by atoms with van der Waals surface area (Å²) in [7, 11) is 0. The number of amides is 1. The number of carboxylic acids is 1. The molecule has 0 unspecified atom stereocenters. The van der Waals surface area contributed by atoms with E-state index in [9.17, 15) is 27.9 Å². The van der Waals surface area contributed by atoms with E-state index in [4.69, 9.17) is 4.74 Å². The van der Waals surface area contributed by atoms with Crippen LogP contribution < -0.4 is 10.1 Å². The summed E-state index contributed by atoms with van der Waals surface area (Å²) in [6.07, 6.45) is -3.60. The van der Waals surface area contributed by atoms with E-state index in [1.165, 1.54) is 6.07 Å². The third-order valence-electron chi connectivity index (χ3n) is 4.63. The van der Waals surface area contributed by atoms with Gasteiger partial charge in [-0.1, -0.05) is 54.1 Å². The zero-order valence-corrected chi connectivity index (χ0v) is 17.5. The van der Waals surface area contributed by atoms with Crippen molar-refractivity contribution in [2.45, 2.75) is 19.7 Å². The smallest absolute Gasteiger partial charge is 0.417 e. The average Bonchev–Trinajstić information content (AvgIpc) is 2.77. The van der Waals surface area contributed by atoms with E-state index in [2.05, 4.69) is 5.32 Å². The second-order valence-corrected chi connectivity index (χ2v) is 7.21. The van der Waals surface area contributed by atoms with Crippen molar-refractivity contribution in [1.82, 2.24) is 5.32 Å². The lowest BCUT2D eigenvalue weighted by molar-refractivity contribution is -0.138. The molecule has 0 heterocycles. The molecule has 2 N–H and O–H groups in total. The highest BCUT2D eigenvalue weighted by atomic mass is 19.4. The fourth-order valence-electron chi connectivity index (χ4n) is 3.06. The summed E-state index contributed by atoms with van der Waals surface area (Å²) in [5, 5.41) is 11.5. The van der Waals surface area contributed by atoms with E-state index in [1.54, 1.807) is 24.3 Å². The van der Waals surface area contributed by atoms with E-state index < -0.39 is 34.9 Å². The van der Waals surface area contributed by atoms with Crippen LogP contribution in [0.5, 0.6) is 5.75 Å². The van der Waals surface area contributed by atoms with Crippen molar-refractivity contribution in [2.24, 2.45) is 0 Å². The molecule has 0 bridgehead atoms. The minimum Gasteiger partial charge on any atom is -0.489 e. The molecule has 0 aliphatic carbocycles. The second kappa shape index (κ2) is 10.0. The van der Waals surface area contributed by atoms with Gasteiger partial charge in [-0.3, -0.25) is 4.79 Å². The Hall–Kier alpha value is -4.07. The number of carbonyl (C=O) groups is 2. The summed E-state index contributed by atoms with van der Waals surface area (Å²) in [5.41, 5.74) is 0.135. The maximum absolute atomic E-state index is 13.2. The number of alkyl halides is 3. The quantitative estimate of drug-likeness (QED) is 0.465. The van der Waals surface area contributed by atoms with Crippen molar-refractivity contribution in [3.05, 3.63) is 106 Å². The molecule has 0 atom stereocenters. The van der Waals surface area contributed by atoms with Gasteiger partial charge in [0.2, 0.25) is 0 Å². The topological polar surface area (TPSA) is 75.6 Å². The highest BCUT2D eigenvalue weighted by molar-refractivity contribution is 6.03. The standard InChI is InChI=1S/C25H20F3NO4/c1-16-5-4-6-18(13-16)15-33-19-11-9-17(10-12-19)14-22(24(31)32)29-23(30)20-7-2-3-8-21(20)25(26,27)28/h2-14H,15H2,1H3,(H,29,30)(H,31,32). The van der Waals surface area contributed by atoms with Crippen LogP contribution in [-0.4, -0.2) is 17.0 Å². The number of ether oxygens (including phenoxy) is 1. The van der Waals surface area contributed by atoms with Crippen molar-refractivity contribution >= 4 is 18.0 Å². The molecule has 8 heteroatoms. The molecular formula is C25H20F3NO4. The lowest BCUT2D eigenvalue weighted by Crippen LogP contribution is -2.29. The zero-order chi connectivity index (χ0) is 24.0. The highest BCUT2D eigenvalue weighted by Gasteiger charge is 2.35. The van der Waals surface area contributed by atoms with Crippen LogP contribution in [0.1, 0.15) is 32.6 Å². The van der Waals surface area contributed by atoms with Crippen LogP contribution in [0.25, 0.3) is 6.08 Å². The summed E-state index contributed by atoms with van der Waals surface area (Å²) >= 11 is 0. The predicted molar refractivity (Wildman–Crippen MR) is 116 cm³/mol. The molecule has 0 aliphatic heterocycles. The van der Waals surface area contributed by atoms with Gasteiger partial charge in [-0.2, -0.15) is 13.2 Å². The number of aryl methyl sites for hydroxylation is 1. The molecule has 3 aromatic carbocycles. The van der Waals surface area contributed by atoms with E-state index >= 15 is 0 Å². The Kier molecular flexibility index (Phi) is 7.17. The van der Waals surface area contributed by atoms with Crippen LogP contribution in [0.15, 0.2) is 78.5 Å². The number of rotatable bonds is 7. The zero-order valence-electron chi connectivity index (χ0n) is 17.5. The Labute approximate surface area is 188 Å². The fraction of sp³-hybridized carbons (Fsp3) is 0.120. The predicted octanol–water partition coefficient (Wildman–Crippen LogP) is 5.45. The number of hydrogen-bond acceptors (Lipinski definition) is 3. The van der Waals surface area contributed by atoms with Gasteiger partial charge in [-0.05, 0) is 48.4 Å². The first-order valence-corrected chi connectivity index (χ1v) is 9.84. The lowest BCUT2D eigenvalue weighted by Gasteiger charge is -2.13. The molecule has 0 aliphatic rings. The Morgan fingerprint density at radius 3 is 2.33 bits per heavy atom. The second-order valence-electron chi connectivity index (χ2n) is 7.21. The molecule has 33 heavy (non-hydrogen) atoms. The first-order valence-electron chi connectivity index (χ1n) is 9.84. The number of carbonyl (C=O) groups excluding carboxylic acids is 1. The molecule has 3 rings (SSSR count). The van der Waals surface area contributed by atoms with Crippen LogP contribution in [-0.2, 0) is 17.6 Å². The first-order chi connectivity index (χ1) is 15.6. The molecule has 3 aromatic rings. The van der Waals surface area contributed by atoms with Gasteiger partial charge in [0.15, 0.2) is 0 Å². The van der Waals surface area contributed by atoms with E-state index in [0.717, 1.165) is 35.4 Å². The monoisotopic (exact) mass is 455 g/mol. The molecule has 5 nitrogen and oxygen atoms in total.